The van der Waals surface area contributed by atoms with Crippen LogP contribution in [0.3, 0.4) is 0 Å². The Kier molecular flexibility index (Phi) is 11.2. The minimum Gasteiger partial charge on any atom is -0.310 e. The predicted octanol–water partition coefficient (Wildman–Crippen LogP) is 17.6. The molecule has 2 nitrogen and oxygen atoms in total. The van der Waals surface area contributed by atoms with Crippen LogP contribution in [0.2, 0.25) is 0 Å². The first kappa shape index (κ1) is 39.9. The van der Waals surface area contributed by atoms with Crippen LogP contribution in [0.15, 0.2) is 255 Å². The molecule has 306 valence electrons. The topological polar surface area (TPSA) is 6.48 Å². The lowest BCUT2D eigenvalue weighted by molar-refractivity contribution is 1.24. The molecule has 0 unspecified atom stereocenters. The molecule has 0 fully saturated rings. The maximum Gasteiger partial charge on any atom is 0.0491 e. The summed E-state index contributed by atoms with van der Waals surface area (Å²) in [6.07, 6.45) is 0. The van der Waals surface area contributed by atoms with Crippen molar-refractivity contribution in [1.82, 2.24) is 0 Å². The molecule has 2 heteroatoms. The summed E-state index contributed by atoms with van der Waals surface area (Å²) >= 11 is 0. The summed E-state index contributed by atoms with van der Waals surface area (Å²) in [4.78, 5) is 4.75. The Morgan fingerprint density at radius 1 is 0.203 bits per heavy atom. The van der Waals surface area contributed by atoms with E-state index in [-0.39, 0.29) is 0 Å². The molecule has 10 aromatic rings. The van der Waals surface area contributed by atoms with E-state index in [1.807, 2.05) is 0 Å². The van der Waals surface area contributed by atoms with E-state index >= 15 is 0 Å². The van der Waals surface area contributed by atoms with Gasteiger partial charge in [-0.3, -0.25) is 0 Å². The van der Waals surface area contributed by atoms with Crippen LogP contribution < -0.4 is 9.80 Å². The van der Waals surface area contributed by atoms with Crippen molar-refractivity contribution in [2.75, 3.05) is 9.80 Å². The van der Waals surface area contributed by atoms with Gasteiger partial charge in [-0.15, -0.1) is 0 Å². The first-order valence-corrected chi connectivity index (χ1v) is 22.0. The largest absolute Gasteiger partial charge is 0.310 e. The Morgan fingerprint density at radius 3 is 0.828 bits per heavy atom. The van der Waals surface area contributed by atoms with Crippen LogP contribution in [0.25, 0.3) is 55.6 Å². The minimum absolute atomic E-state index is 1.11. The molecule has 0 bridgehead atoms. The van der Waals surface area contributed by atoms with Crippen LogP contribution >= 0.6 is 0 Å². The zero-order chi connectivity index (χ0) is 43.2. The number of benzene rings is 10. The summed E-state index contributed by atoms with van der Waals surface area (Å²) in [5.74, 6) is 0. The van der Waals surface area contributed by atoms with Crippen molar-refractivity contribution in [2.24, 2.45) is 0 Å². The van der Waals surface area contributed by atoms with Gasteiger partial charge in [0.2, 0.25) is 0 Å². The molecular weight excluding hydrogens is 773 g/mol. The molecule has 0 atom stereocenters. The van der Waals surface area contributed by atoms with E-state index in [9.17, 15) is 0 Å². The Labute approximate surface area is 377 Å². The van der Waals surface area contributed by atoms with Gasteiger partial charge < -0.3 is 9.80 Å². The van der Waals surface area contributed by atoms with E-state index < -0.39 is 0 Å². The molecule has 0 saturated heterocycles. The van der Waals surface area contributed by atoms with Gasteiger partial charge in [0, 0.05) is 34.1 Å². The standard InChI is InChI=1S/C62H48N2/c1-45-39-55(35-37-61(45)63(57-29-11-5-12-30-57)59-33-17-27-53(43-59)51-25-15-23-49(41-51)47-19-7-3-8-20-47)56-36-38-62(46(2)40-56)64(58-31-13-6-14-32-58)60-34-18-28-54(44-60)52-26-16-24-50(42-52)48-21-9-4-10-22-48/h3-44H,1-2H3. The smallest absolute Gasteiger partial charge is 0.0491 e. The highest BCUT2D eigenvalue weighted by atomic mass is 15.1. The fourth-order valence-electron chi connectivity index (χ4n) is 8.85. The van der Waals surface area contributed by atoms with Gasteiger partial charge >= 0.3 is 0 Å². The molecular formula is C62H48N2. The fourth-order valence-corrected chi connectivity index (χ4v) is 8.85. The van der Waals surface area contributed by atoms with E-state index in [0.29, 0.717) is 0 Å². The Hall–Kier alpha value is -8.20. The summed E-state index contributed by atoms with van der Waals surface area (Å²) < 4.78 is 0. The van der Waals surface area contributed by atoms with Crippen LogP contribution in [-0.2, 0) is 0 Å². The third kappa shape index (κ3) is 8.38. The first-order chi connectivity index (χ1) is 31.6. The second-order valence-electron chi connectivity index (χ2n) is 16.3. The van der Waals surface area contributed by atoms with Crippen LogP contribution in [0.5, 0.6) is 0 Å². The highest BCUT2D eigenvalue weighted by molar-refractivity contribution is 5.86. The van der Waals surface area contributed by atoms with Crippen LogP contribution in [0, 0.1) is 13.8 Å². The van der Waals surface area contributed by atoms with Gasteiger partial charge in [-0.25, -0.2) is 0 Å². The molecule has 0 aliphatic carbocycles. The van der Waals surface area contributed by atoms with E-state index in [4.69, 9.17) is 0 Å². The Morgan fingerprint density at radius 2 is 0.469 bits per heavy atom. The molecule has 0 N–H and O–H groups in total. The van der Waals surface area contributed by atoms with Crippen molar-refractivity contribution in [3.63, 3.8) is 0 Å². The molecule has 10 rings (SSSR count). The normalized spacial score (nSPS) is 11.0. The molecule has 64 heavy (non-hydrogen) atoms. The number of hydrogen-bond acceptors (Lipinski definition) is 2. The molecule has 0 radical (unpaired) electrons. The van der Waals surface area contributed by atoms with E-state index in [0.717, 1.165) is 34.1 Å². The zero-order valence-corrected chi connectivity index (χ0v) is 36.1. The summed E-state index contributed by atoms with van der Waals surface area (Å²) in [6.45, 7) is 4.45. The zero-order valence-electron chi connectivity index (χ0n) is 36.1. The van der Waals surface area contributed by atoms with Gasteiger partial charge in [0.05, 0.1) is 0 Å². The number of hydrogen-bond donors (Lipinski definition) is 0. The molecule has 0 spiro atoms. The van der Waals surface area contributed by atoms with Crippen molar-refractivity contribution in [2.45, 2.75) is 13.8 Å². The van der Waals surface area contributed by atoms with Gasteiger partial charge in [-0.1, -0.05) is 170 Å². The van der Waals surface area contributed by atoms with Crippen LogP contribution in [-0.4, -0.2) is 0 Å². The summed E-state index contributed by atoms with van der Waals surface area (Å²) in [7, 11) is 0. The first-order valence-electron chi connectivity index (χ1n) is 22.0. The van der Waals surface area contributed by atoms with E-state index in [1.54, 1.807) is 0 Å². The van der Waals surface area contributed by atoms with Crippen LogP contribution in [0.4, 0.5) is 34.1 Å². The third-order valence-corrected chi connectivity index (χ3v) is 12.1. The molecule has 0 aromatic heterocycles. The molecule has 0 amide bonds. The van der Waals surface area contributed by atoms with Crippen LogP contribution in [0.1, 0.15) is 11.1 Å². The molecule has 10 aromatic carbocycles. The number of para-hydroxylation sites is 2. The van der Waals surface area contributed by atoms with Gasteiger partial charge in [0.15, 0.2) is 0 Å². The monoisotopic (exact) mass is 820 g/mol. The van der Waals surface area contributed by atoms with E-state index in [2.05, 4.69) is 278 Å². The second kappa shape index (κ2) is 18.0. The maximum absolute atomic E-state index is 2.38. The Balaban J connectivity index is 0.979. The van der Waals surface area contributed by atoms with Crippen molar-refractivity contribution in [1.29, 1.82) is 0 Å². The number of anilines is 6. The van der Waals surface area contributed by atoms with Crippen molar-refractivity contribution in [3.8, 4) is 55.6 Å². The van der Waals surface area contributed by atoms with Gasteiger partial charge in [0.25, 0.3) is 0 Å². The number of rotatable bonds is 11. The summed E-state index contributed by atoms with van der Waals surface area (Å²) in [6, 6.07) is 91.7. The number of nitrogens with zero attached hydrogens (tertiary/aromatic N) is 2. The molecule has 0 saturated carbocycles. The SMILES string of the molecule is Cc1cc(-c2ccc(N(c3ccccc3)c3cccc(-c4cccc(-c5ccccc5)c4)c3)c(C)c2)ccc1N(c1ccccc1)c1cccc(-c2cccc(-c3ccccc3)c2)c1. The quantitative estimate of drug-likeness (QED) is 0.128. The third-order valence-electron chi connectivity index (χ3n) is 12.1. The fraction of sp³-hybridized carbons (Fsp3) is 0.0323. The lowest BCUT2D eigenvalue weighted by Gasteiger charge is -2.28. The van der Waals surface area contributed by atoms with Crippen molar-refractivity contribution < 1.29 is 0 Å². The minimum atomic E-state index is 1.11. The van der Waals surface area contributed by atoms with Crippen molar-refractivity contribution in [3.05, 3.63) is 266 Å². The molecule has 0 aliphatic heterocycles. The van der Waals surface area contributed by atoms with Gasteiger partial charge in [0.1, 0.15) is 0 Å². The number of aryl methyl sites for hydroxylation is 2. The van der Waals surface area contributed by atoms with Gasteiger partial charge in [-0.2, -0.15) is 0 Å². The molecule has 0 aliphatic rings. The highest BCUT2D eigenvalue weighted by Gasteiger charge is 2.19. The Bertz CT molecular complexity index is 2960. The van der Waals surface area contributed by atoms with E-state index in [1.165, 1.54) is 66.8 Å². The predicted molar refractivity (Wildman–Crippen MR) is 272 cm³/mol. The second-order valence-corrected chi connectivity index (χ2v) is 16.3. The average Bonchev–Trinajstić information content (AvgIpc) is 3.36. The lowest BCUT2D eigenvalue weighted by Crippen LogP contribution is -2.12. The summed E-state index contributed by atoms with van der Waals surface area (Å²) in [5, 5.41) is 0. The molecule has 0 heterocycles. The highest BCUT2D eigenvalue weighted by Crippen LogP contribution is 2.42. The maximum atomic E-state index is 2.38. The van der Waals surface area contributed by atoms with Gasteiger partial charge in [-0.05, 0) is 166 Å². The average molecular weight is 821 g/mol. The summed E-state index contributed by atoms with van der Waals surface area (Å²) in [5.41, 5.74) is 21.1. The van der Waals surface area contributed by atoms with Crippen molar-refractivity contribution >= 4 is 34.1 Å². The lowest BCUT2D eigenvalue weighted by atomic mass is 9.97.